The maximum absolute atomic E-state index is 11.1. The number of aliphatic hydroxyl groups is 1. The highest BCUT2D eigenvalue weighted by Gasteiger charge is 2.56. The molecule has 120 valence electrons. The lowest BCUT2D eigenvalue weighted by atomic mass is 9.91. The minimum absolute atomic E-state index is 0.210. The lowest BCUT2D eigenvalue weighted by Crippen LogP contribution is -2.41. The number of hydrogen-bond acceptors (Lipinski definition) is 5. The van der Waals surface area contributed by atoms with Gasteiger partial charge in [-0.2, -0.15) is 5.10 Å². The van der Waals surface area contributed by atoms with Crippen molar-refractivity contribution >= 4 is 17.7 Å². The largest absolute Gasteiger partial charge is 0.454 e. The van der Waals surface area contributed by atoms with Crippen molar-refractivity contribution in [2.75, 3.05) is 6.79 Å². The van der Waals surface area contributed by atoms with E-state index in [0.29, 0.717) is 17.3 Å². The lowest BCUT2D eigenvalue weighted by molar-refractivity contribution is 0.0771. The van der Waals surface area contributed by atoms with E-state index >= 15 is 0 Å². The predicted octanol–water partition coefficient (Wildman–Crippen LogP) is 2.29. The molecule has 2 aliphatic rings. The molecular weight excluding hydrogens is 318 g/mol. The zero-order valence-electron chi connectivity index (χ0n) is 12.3. The first-order chi connectivity index (χ1) is 11.1. The van der Waals surface area contributed by atoms with Crippen LogP contribution in [0.3, 0.4) is 0 Å². The van der Waals surface area contributed by atoms with Gasteiger partial charge < -0.3 is 14.6 Å². The van der Waals surface area contributed by atoms with E-state index in [0.717, 1.165) is 18.4 Å². The molecule has 4 rings (SSSR count). The summed E-state index contributed by atoms with van der Waals surface area (Å²) in [5.41, 5.74) is -0.368. The van der Waals surface area contributed by atoms with Gasteiger partial charge in [0.25, 0.3) is 0 Å². The summed E-state index contributed by atoms with van der Waals surface area (Å²) in [5, 5.41) is 17.7. The van der Waals surface area contributed by atoms with Gasteiger partial charge in [0.05, 0.1) is 4.87 Å². The topological polar surface area (TPSA) is 80.3 Å². The van der Waals surface area contributed by atoms with E-state index in [-0.39, 0.29) is 13.2 Å². The van der Waals surface area contributed by atoms with Crippen LogP contribution < -0.4 is 9.47 Å². The third kappa shape index (κ3) is 2.58. The SMILES string of the molecule is OC(C=Cc1cccc2c1OCO2)(Cc1ncn[nH]1)C1(Cl)CC1. The van der Waals surface area contributed by atoms with E-state index in [4.69, 9.17) is 21.1 Å². The molecule has 0 saturated heterocycles. The number of nitrogens with zero attached hydrogens (tertiary/aromatic N) is 2. The van der Waals surface area contributed by atoms with Gasteiger partial charge in [0.2, 0.25) is 6.79 Å². The molecule has 0 spiro atoms. The molecule has 1 aliphatic carbocycles. The Morgan fingerprint density at radius 1 is 1.39 bits per heavy atom. The molecule has 2 heterocycles. The van der Waals surface area contributed by atoms with Crippen LogP contribution in [0.2, 0.25) is 0 Å². The number of H-pyrrole nitrogens is 1. The quantitative estimate of drug-likeness (QED) is 0.821. The van der Waals surface area contributed by atoms with Crippen molar-refractivity contribution in [2.24, 2.45) is 0 Å². The van der Waals surface area contributed by atoms with E-state index in [1.165, 1.54) is 6.33 Å². The lowest BCUT2D eigenvalue weighted by Gasteiger charge is -2.29. The van der Waals surface area contributed by atoms with Crippen molar-refractivity contribution in [1.29, 1.82) is 0 Å². The minimum Gasteiger partial charge on any atom is -0.454 e. The molecular formula is C16H16ClN3O3. The van der Waals surface area contributed by atoms with Crippen LogP contribution in [0.5, 0.6) is 11.5 Å². The molecule has 6 nitrogen and oxygen atoms in total. The van der Waals surface area contributed by atoms with Crippen molar-refractivity contribution in [2.45, 2.75) is 29.7 Å². The van der Waals surface area contributed by atoms with Gasteiger partial charge in [-0.3, -0.25) is 5.10 Å². The number of hydrogen-bond donors (Lipinski definition) is 2. The molecule has 1 fully saturated rings. The summed E-state index contributed by atoms with van der Waals surface area (Å²) in [6.07, 6.45) is 6.77. The van der Waals surface area contributed by atoms with Gasteiger partial charge in [-0.15, -0.1) is 11.6 Å². The molecule has 7 heteroatoms. The van der Waals surface area contributed by atoms with E-state index < -0.39 is 10.5 Å². The standard InChI is InChI=1S/C16H16ClN3O3/c17-15(6-7-15)16(21,8-13-18-9-19-20-13)5-4-11-2-1-3-12-14(11)23-10-22-12/h1-5,9,21H,6-8,10H2,(H,18,19,20). The van der Waals surface area contributed by atoms with Crippen molar-refractivity contribution < 1.29 is 14.6 Å². The van der Waals surface area contributed by atoms with Crippen LogP contribution in [0, 0.1) is 0 Å². The highest BCUT2D eigenvalue weighted by atomic mass is 35.5. The summed E-state index contributed by atoms with van der Waals surface area (Å²) in [6, 6.07) is 5.65. The van der Waals surface area contributed by atoms with E-state index in [9.17, 15) is 5.11 Å². The third-order valence-electron chi connectivity index (χ3n) is 4.33. The Kier molecular flexibility index (Phi) is 3.32. The number of rotatable bonds is 5. The molecule has 1 atom stereocenters. The van der Waals surface area contributed by atoms with Gasteiger partial charge in [0.15, 0.2) is 11.5 Å². The number of halogens is 1. The number of aromatic nitrogens is 3. The summed E-state index contributed by atoms with van der Waals surface area (Å²) in [7, 11) is 0. The van der Waals surface area contributed by atoms with Gasteiger partial charge in [-0.05, 0) is 18.9 Å². The van der Waals surface area contributed by atoms with Crippen LogP contribution in [0.15, 0.2) is 30.6 Å². The molecule has 1 saturated carbocycles. The molecule has 2 N–H and O–H groups in total. The number of fused-ring (bicyclic) bond motifs is 1. The zero-order valence-corrected chi connectivity index (χ0v) is 13.1. The van der Waals surface area contributed by atoms with E-state index in [1.807, 2.05) is 24.3 Å². The second kappa shape index (κ2) is 5.25. The second-order valence-electron chi connectivity index (χ2n) is 5.91. The van der Waals surface area contributed by atoms with Gasteiger partial charge in [-0.1, -0.05) is 24.3 Å². The molecule has 1 aromatic heterocycles. The summed E-state index contributed by atoms with van der Waals surface area (Å²) in [5.74, 6) is 1.99. The Hall–Kier alpha value is -2.05. The average molecular weight is 334 g/mol. The van der Waals surface area contributed by atoms with Gasteiger partial charge >= 0.3 is 0 Å². The summed E-state index contributed by atoms with van der Waals surface area (Å²) >= 11 is 6.53. The predicted molar refractivity (Wildman–Crippen MR) is 84.5 cm³/mol. The van der Waals surface area contributed by atoms with Gasteiger partial charge in [0.1, 0.15) is 17.8 Å². The number of ether oxygens (including phenoxy) is 2. The Morgan fingerprint density at radius 3 is 3.00 bits per heavy atom. The molecule has 2 aromatic rings. The molecule has 1 unspecified atom stereocenters. The number of benzene rings is 1. The monoisotopic (exact) mass is 333 g/mol. The average Bonchev–Trinajstić information content (AvgIpc) is 2.96. The van der Waals surface area contributed by atoms with Crippen molar-refractivity contribution in [3.05, 3.63) is 42.0 Å². The van der Waals surface area contributed by atoms with Crippen LogP contribution >= 0.6 is 11.6 Å². The van der Waals surface area contributed by atoms with E-state index in [1.54, 1.807) is 6.08 Å². The van der Waals surface area contributed by atoms with Crippen LogP contribution in [0.25, 0.3) is 6.08 Å². The highest BCUT2D eigenvalue weighted by Crippen LogP contribution is 2.53. The molecule has 23 heavy (non-hydrogen) atoms. The van der Waals surface area contributed by atoms with Crippen LogP contribution in [0.1, 0.15) is 24.2 Å². The molecule has 0 radical (unpaired) electrons. The van der Waals surface area contributed by atoms with Gasteiger partial charge in [-0.25, -0.2) is 4.98 Å². The first kappa shape index (κ1) is 14.5. The Labute approximate surface area is 138 Å². The highest BCUT2D eigenvalue weighted by molar-refractivity contribution is 6.27. The summed E-state index contributed by atoms with van der Waals surface area (Å²) < 4.78 is 10.9. The number of para-hydroxylation sites is 1. The van der Waals surface area contributed by atoms with Crippen LogP contribution in [-0.4, -0.2) is 37.6 Å². The number of aromatic amines is 1. The van der Waals surface area contributed by atoms with E-state index in [2.05, 4.69) is 15.2 Å². The molecule has 0 bridgehead atoms. The van der Waals surface area contributed by atoms with Crippen molar-refractivity contribution in [3.8, 4) is 11.5 Å². The van der Waals surface area contributed by atoms with Gasteiger partial charge in [0, 0.05) is 12.0 Å². The maximum atomic E-state index is 11.1. The third-order valence-corrected chi connectivity index (χ3v) is 5.04. The zero-order chi connectivity index (χ0) is 15.9. The number of nitrogens with one attached hydrogen (secondary N) is 1. The smallest absolute Gasteiger partial charge is 0.231 e. The number of alkyl halides is 1. The van der Waals surface area contributed by atoms with Crippen molar-refractivity contribution in [3.63, 3.8) is 0 Å². The van der Waals surface area contributed by atoms with Crippen LogP contribution in [0.4, 0.5) is 0 Å². The Bertz CT molecular complexity index is 743. The normalized spacial score (nSPS) is 20.6. The fraction of sp³-hybridized carbons (Fsp3) is 0.375. The first-order valence-electron chi connectivity index (χ1n) is 7.43. The first-order valence-corrected chi connectivity index (χ1v) is 7.81. The van der Waals surface area contributed by atoms with Crippen LogP contribution in [-0.2, 0) is 6.42 Å². The van der Waals surface area contributed by atoms with Crippen molar-refractivity contribution in [1.82, 2.24) is 15.2 Å². The minimum atomic E-state index is -1.21. The molecule has 0 amide bonds. The summed E-state index contributed by atoms with van der Waals surface area (Å²) in [4.78, 5) is 3.43. The second-order valence-corrected chi connectivity index (χ2v) is 6.64. The Morgan fingerprint density at radius 2 is 2.26 bits per heavy atom. The maximum Gasteiger partial charge on any atom is 0.231 e. The fourth-order valence-corrected chi connectivity index (χ4v) is 3.02. The Balaban J connectivity index is 1.65. The fourth-order valence-electron chi connectivity index (χ4n) is 2.79. The molecule has 1 aliphatic heterocycles. The molecule has 1 aromatic carbocycles. The summed E-state index contributed by atoms with van der Waals surface area (Å²) in [6.45, 7) is 0.210.